The second-order valence-corrected chi connectivity index (χ2v) is 9.02. The summed E-state index contributed by atoms with van der Waals surface area (Å²) >= 11 is 0. The summed E-state index contributed by atoms with van der Waals surface area (Å²) in [5, 5.41) is 15.2. The molecule has 0 aliphatic carbocycles. The second kappa shape index (κ2) is 6.97. The fourth-order valence-corrected chi connectivity index (χ4v) is 5.52. The first kappa shape index (κ1) is 19.0. The van der Waals surface area contributed by atoms with Crippen molar-refractivity contribution >= 4 is 76.0 Å². The van der Waals surface area contributed by atoms with Gasteiger partial charge >= 0.3 is 0 Å². The molecule has 0 bridgehead atoms. The molecular formula is C32H22N2. The lowest BCUT2D eigenvalue weighted by atomic mass is 9.94. The molecule has 0 fully saturated rings. The van der Waals surface area contributed by atoms with E-state index in [9.17, 15) is 0 Å². The Morgan fingerprint density at radius 3 is 0.971 bits per heavy atom. The number of nitrogens with two attached hydrogens (primary N) is 2. The molecule has 0 saturated carbocycles. The lowest BCUT2D eigenvalue weighted by molar-refractivity contribution is 1.76. The van der Waals surface area contributed by atoms with Gasteiger partial charge in [-0.1, -0.05) is 97.1 Å². The van der Waals surface area contributed by atoms with Crippen molar-refractivity contribution in [1.29, 1.82) is 0 Å². The van der Waals surface area contributed by atoms with Gasteiger partial charge in [0.1, 0.15) is 0 Å². The second-order valence-electron chi connectivity index (χ2n) is 9.02. The highest BCUT2D eigenvalue weighted by atomic mass is 14.6. The molecule has 4 N–H and O–H groups in total. The number of hydrogen-bond donors (Lipinski definition) is 2. The smallest absolute Gasteiger partial charge is 0.0394 e. The van der Waals surface area contributed by atoms with E-state index >= 15 is 0 Å². The topological polar surface area (TPSA) is 52.0 Å². The molecule has 0 spiro atoms. The summed E-state index contributed by atoms with van der Waals surface area (Å²) < 4.78 is 0. The Labute approximate surface area is 196 Å². The molecule has 8 rings (SSSR count). The van der Waals surface area contributed by atoms with Crippen LogP contribution in [0.2, 0.25) is 0 Å². The Bertz CT molecular complexity index is 1810. The number of hydrogen-bond acceptors (Lipinski definition) is 2. The lowest BCUT2D eigenvalue weighted by Gasteiger charge is -2.11. The van der Waals surface area contributed by atoms with E-state index < -0.39 is 0 Å². The summed E-state index contributed by atoms with van der Waals surface area (Å²) in [4.78, 5) is 0. The Hall–Kier alpha value is -4.56. The van der Waals surface area contributed by atoms with E-state index in [0.717, 1.165) is 22.1 Å². The summed E-state index contributed by atoms with van der Waals surface area (Å²) in [5.74, 6) is 0. The minimum atomic E-state index is 0.857. The van der Waals surface area contributed by atoms with Gasteiger partial charge in [-0.3, -0.25) is 0 Å². The Morgan fingerprint density at radius 1 is 0.294 bits per heavy atom. The first-order valence-electron chi connectivity index (χ1n) is 11.5. The van der Waals surface area contributed by atoms with Crippen molar-refractivity contribution in [2.75, 3.05) is 11.5 Å². The molecule has 2 heteroatoms. The SMILES string of the molecule is Nc1ccc2ccc3cccc4ccc1c2c34.Nc1ccc2ccc3cccc4ccc1c2c34. The molecule has 160 valence electrons. The third kappa shape index (κ3) is 2.63. The van der Waals surface area contributed by atoms with Crippen molar-refractivity contribution in [3.63, 3.8) is 0 Å². The Morgan fingerprint density at radius 2 is 0.588 bits per heavy atom. The Balaban J connectivity index is 0.000000118. The summed E-state index contributed by atoms with van der Waals surface area (Å²) in [6, 6.07) is 38.3. The van der Waals surface area contributed by atoms with Crippen LogP contribution in [0.25, 0.3) is 64.6 Å². The van der Waals surface area contributed by atoms with Crippen molar-refractivity contribution in [3.05, 3.63) is 109 Å². The van der Waals surface area contributed by atoms with E-state index in [4.69, 9.17) is 11.5 Å². The van der Waals surface area contributed by atoms with Gasteiger partial charge in [0.05, 0.1) is 0 Å². The van der Waals surface area contributed by atoms with Crippen molar-refractivity contribution in [3.8, 4) is 0 Å². The van der Waals surface area contributed by atoms with Gasteiger partial charge < -0.3 is 11.5 Å². The molecule has 0 aliphatic heterocycles. The van der Waals surface area contributed by atoms with Crippen LogP contribution in [-0.2, 0) is 0 Å². The van der Waals surface area contributed by atoms with Crippen LogP contribution in [0, 0.1) is 0 Å². The van der Waals surface area contributed by atoms with Gasteiger partial charge in [0, 0.05) is 22.1 Å². The zero-order valence-electron chi connectivity index (χ0n) is 18.5. The first-order valence-corrected chi connectivity index (χ1v) is 11.5. The monoisotopic (exact) mass is 434 g/mol. The zero-order valence-corrected chi connectivity index (χ0v) is 18.5. The van der Waals surface area contributed by atoms with E-state index in [1.807, 2.05) is 12.1 Å². The zero-order chi connectivity index (χ0) is 22.8. The maximum absolute atomic E-state index is 6.07. The van der Waals surface area contributed by atoms with Gasteiger partial charge in [0.25, 0.3) is 0 Å². The number of anilines is 2. The number of benzene rings is 8. The van der Waals surface area contributed by atoms with Crippen LogP contribution in [-0.4, -0.2) is 0 Å². The van der Waals surface area contributed by atoms with E-state index in [0.29, 0.717) is 0 Å². The predicted molar refractivity (Wildman–Crippen MR) is 149 cm³/mol. The minimum absolute atomic E-state index is 0.857. The van der Waals surface area contributed by atoms with Crippen LogP contribution in [0.5, 0.6) is 0 Å². The summed E-state index contributed by atoms with van der Waals surface area (Å²) in [7, 11) is 0. The summed E-state index contributed by atoms with van der Waals surface area (Å²) in [6.07, 6.45) is 0. The highest BCUT2D eigenvalue weighted by molar-refractivity contribution is 6.26. The first-order chi connectivity index (χ1) is 16.7. The number of rotatable bonds is 0. The van der Waals surface area contributed by atoms with Crippen LogP contribution in [0.3, 0.4) is 0 Å². The molecule has 2 nitrogen and oxygen atoms in total. The maximum atomic E-state index is 6.07. The molecule has 0 aromatic heterocycles. The normalized spacial score (nSPS) is 11.8. The average molecular weight is 435 g/mol. The third-order valence-corrected chi connectivity index (χ3v) is 7.12. The van der Waals surface area contributed by atoms with Gasteiger partial charge in [0.15, 0.2) is 0 Å². The predicted octanol–water partition coefficient (Wildman–Crippen LogP) is 8.33. The Kier molecular flexibility index (Phi) is 3.88. The molecular weight excluding hydrogens is 412 g/mol. The van der Waals surface area contributed by atoms with Crippen LogP contribution in [0.1, 0.15) is 0 Å². The average Bonchev–Trinajstić information content (AvgIpc) is 2.88. The van der Waals surface area contributed by atoms with Gasteiger partial charge in [-0.2, -0.15) is 0 Å². The number of nitrogen functional groups attached to an aromatic ring is 2. The lowest BCUT2D eigenvalue weighted by Crippen LogP contribution is -1.89. The molecule has 8 aromatic carbocycles. The highest BCUT2D eigenvalue weighted by Crippen LogP contribution is 2.37. The third-order valence-electron chi connectivity index (χ3n) is 7.12. The standard InChI is InChI=1S/2C16H11N/c2*17-14-9-7-12-5-4-10-2-1-3-11-6-8-13(14)16(12)15(10)11/h2*1-9H,17H2. The van der Waals surface area contributed by atoms with E-state index in [1.165, 1.54) is 53.9 Å². The molecule has 0 radical (unpaired) electrons. The van der Waals surface area contributed by atoms with Crippen LogP contribution in [0.15, 0.2) is 109 Å². The van der Waals surface area contributed by atoms with Crippen molar-refractivity contribution < 1.29 is 0 Å². The minimum Gasteiger partial charge on any atom is -0.398 e. The summed E-state index contributed by atoms with van der Waals surface area (Å²) in [5.41, 5.74) is 13.8. The van der Waals surface area contributed by atoms with Crippen LogP contribution < -0.4 is 11.5 Å². The molecule has 0 aliphatic rings. The van der Waals surface area contributed by atoms with Gasteiger partial charge in [-0.15, -0.1) is 0 Å². The van der Waals surface area contributed by atoms with Gasteiger partial charge in [-0.05, 0) is 66.0 Å². The van der Waals surface area contributed by atoms with Crippen molar-refractivity contribution in [2.24, 2.45) is 0 Å². The maximum Gasteiger partial charge on any atom is 0.0394 e. The molecule has 0 heterocycles. The van der Waals surface area contributed by atoms with E-state index in [-0.39, 0.29) is 0 Å². The largest absolute Gasteiger partial charge is 0.398 e. The summed E-state index contributed by atoms with van der Waals surface area (Å²) in [6.45, 7) is 0. The fraction of sp³-hybridized carbons (Fsp3) is 0. The van der Waals surface area contributed by atoms with E-state index in [2.05, 4.69) is 97.1 Å². The van der Waals surface area contributed by atoms with Crippen molar-refractivity contribution in [1.82, 2.24) is 0 Å². The van der Waals surface area contributed by atoms with Crippen LogP contribution >= 0.6 is 0 Å². The molecule has 34 heavy (non-hydrogen) atoms. The molecule has 8 aromatic rings. The molecule has 0 atom stereocenters. The highest BCUT2D eigenvalue weighted by Gasteiger charge is 2.09. The van der Waals surface area contributed by atoms with Crippen molar-refractivity contribution in [2.45, 2.75) is 0 Å². The van der Waals surface area contributed by atoms with Crippen LogP contribution in [0.4, 0.5) is 11.4 Å². The van der Waals surface area contributed by atoms with E-state index in [1.54, 1.807) is 0 Å². The molecule has 0 saturated heterocycles. The van der Waals surface area contributed by atoms with Gasteiger partial charge in [-0.25, -0.2) is 0 Å². The fourth-order valence-electron chi connectivity index (χ4n) is 5.52. The quantitative estimate of drug-likeness (QED) is 0.186. The van der Waals surface area contributed by atoms with Gasteiger partial charge in [0.2, 0.25) is 0 Å². The molecule has 0 unspecified atom stereocenters. The molecule has 0 amide bonds.